The van der Waals surface area contributed by atoms with Crippen LogP contribution in [0.1, 0.15) is 56.5 Å². The predicted molar refractivity (Wildman–Crippen MR) is 112 cm³/mol. The number of piperidine rings is 1. The molecule has 2 aromatic rings. The summed E-state index contributed by atoms with van der Waals surface area (Å²) in [6.45, 7) is 11.1. The van der Waals surface area contributed by atoms with Gasteiger partial charge >= 0.3 is 0 Å². The number of hydrogen-bond donors (Lipinski definition) is 1. The lowest BCUT2D eigenvalue weighted by Crippen LogP contribution is -2.40. The fourth-order valence-corrected chi connectivity index (χ4v) is 4.18. The van der Waals surface area contributed by atoms with Crippen LogP contribution in [0, 0.1) is 12.8 Å². The second-order valence-electron chi connectivity index (χ2n) is 7.76. The van der Waals surface area contributed by atoms with Crippen LogP contribution in [-0.4, -0.2) is 34.3 Å². The molecule has 0 aliphatic carbocycles. The van der Waals surface area contributed by atoms with E-state index in [1.807, 2.05) is 45.0 Å². The van der Waals surface area contributed by atoms with Gasteiger partial charge in [-0.15, -0.1) is 0 Å². The molecule has 1 aromatic heterocycles. The van der Waals surface area contributed by atoms with E-state index < -0.39 is 0 Å². The van der Waals surface area contributed by atoms with Crippen LogP contribution in [0.2, 0.25) is 0 Å². The van der Waals surface area contributed by atoms with E-state index >= 15 is 0 Å². The zero-order valence-corrected chi connectivity index (χ0v) is 17.4. The Balaban J connectivity index is 2.10. The van der Waals surface area contributed by atoms with Gasteiger partial charge < -0.3 is 14.4 Å². The number of aryl methyl sites for hydroxylation is 1. The van der Waals surface area contributed by atoms with Gasteiger partial charge in [0.2, 0.25) is 0 Å². The Morgan fingerprint density at radius 2 is 1.82 bits per heavy atom. The maximum atomic E-state index is 13.3. The molecule has 3 rings (SSSR count). The smallest absolute Gasteiger partial charge is 0.259 e. The van der Waals surface area contributed by atoms with Crippen LogP contribution in [-0.2, 0) is 6.54 Å². The maximum absolute atomic E-state index is 13.3. The van der Waals surface area contributed by atoms with E-state index in [9.17, 15) is 9.90 Å². The average Bonchev–Trinajstić information content (AvgIpc) is 2.67. The molecule has 2 heterocycles. The van der Waals surface area contributed by atoms with E-state index in [-0.39, 0.29) is 17.4 Å². The van der Waals surface area contributed by atoms with Gasteiger partial charge in [0.05, 0.1) is 18.2 Å². The number of rotatable bonds is 6. The van der Waals surface area contributed by atoms with Crippen molar-refractivity contribution in [3.05, 3.63) is 57.5 Å². The second-order valence-corrected chi connectivity index (χ2v) is 7.76. The minimum atomic E-state index is -0.255. The quantitative estimate of drug-likeness (QED) is 0.815. The number of likely N-dealkylation sites (tertiary alicyclic amines) is 1. The molecular weight excluding hydrogens is 352 g/mol. The summed E-state index contributed by atoms with van der Waals surface area (Å²) in [7, 11) is 0. The summed E-state index contributed by atoms with van der Waals surface area (Å²) in [4.78, 5) is 15.6. The monoisotopic (exact) mass is 384 g/mol. The van der Waals surface area contributed by atoms with Crippen molar-refractivity contribution < 1.29 is 9.84 Å². The van der Waals surface area contributed by atoms with E-state index in [1.165, 1.54) is 0 Å². The van der Waals surface area contributed by atoms with Crippen LogP contribution in [0.5, 0.6) is 11.5 Å². The molecule has 1 unspecified atom stereocenters. The summed E-state index contributed by atoms with van der Waals surface area (Å²) in [5.74, 6) is 1.59. The maximum Gasteiger partial charge on any atom is 0.259 e. The summed E-state index contributed by atoms with van der Waals surface area (Å²) < 4.78 is 7.32. The molecule has 0 spiro atoms. The summed E-state index contributed by atoms with van der Waals surface area (Å²) in [6, 6.07) is 9.39. The lowest BCUT2D eigenvalue weighted by molar-refractivity contribution is 0.154. The van der Waals surface area contributed by atoms with Crippen molar-refractivity contribution in [2.24, 2.45) is 5.92 Å². The molecule has 1 saturated heterocycles. The fraction of sp³-hybridized carbons (Fsp3) is 0.522. The van der Waals surface area contributed by atoms with Crippen LogP contribution in [0.3, 0.4) is 0 Å². The van der Waals surface area contributed by atoms with Gasteiger partial charge in [0.1, 0.15) is 11.5 Å². The van der Waals surface area contributed by atoms with E-state index in [1.54, 1.807) is 10.6 Å². The third kappa shape index (κ3) is 4.09. The molecule has 0 saturated carbocycles. The van der Waals surface area contributed by atoms with Gasteiger partial charge in [-0.3, -0.25) is 9.69 Å². The molecule has 1 atom stereocenters. The second kappa shape index (κ2) is 8.82. The van der Waals surface area contributed by atoms with E-state index in [0.717, 1.165) is 42.9 Å². The molecule has 1 aliphatic rings. The Kier molecular flexibility index (Phi) is 6.45. The first kappa shape index (κ1) is 20.5. The van der Waals surface area contributed by atoms with Crippen molar-refractivity contribution in [2.45, 2.75) is 53.1 Å². The normalized spacial score (nSPS) is 16.9. The molecular formula is C23H32N2O3. The van der Waals surface area contributed by atoms with Crippen LogP contribution >= 0.6 is 0 Å². The van der Waals surface area contributed by atoms with Gasteiger partial charge in [-0.25, -0.2) is 0 Å². The van der Waals surface area contributed by atoms with Gasteiger partial charge in [-0.05, 0) is 76.4 Å². The third-order valence-electron chi connectivity index (χ3n) is 5.80. The number of ether oxygens (including phenoxy) is 1. The molecule has 28 heavy (non-hydrogen) atoms. The number of pyridine rings is 1. The van der Waals surface area contributed by atoms with Gasteiger partial charge in [-0.1, -0.05) is 19.1 Å². The van der Waals surface area contributed by atoms with E-state index in [2.05, 4.69) is 11.8 Å². The van der Waals surface area contributed by atoms with Crippen LogP contribution in [0.15, 0.2) is 35.1 Å². The SMILES string of the molecule is CCOc1ccc(C(c2c(O)cc(C)n(CC)c2=O)N2CCC(C)CC2)cc1. The van der Waals surface area contributed by atoms with Gasteiger partial charge in [0.15, 0.2) is 0 Å². The van der Waals surface area contributed by atoms with Crippen molar-refractivity contribution >= 4 is 0 Å². The fourth-order valence-electron chi connectivity index (χ4n) is 4.18. The molecule has 1 aromatic carbocycles. The van der Waals surface area contributed by atoms with E-state index in [4.69, 9.17) is 4.74 Å². The highest BCUT2D eigenvalue weighted by Crippen LogP contribution is 2.35. The Labute approximate surface area is 167 Å². The van der Waals surface area contributed by atoms with Gasteiger partial charge in [0, 0.05) is 12.2 Å². The van der Waals surface area contributed by atoms with Gasteiger partial charge in [-0.2, -0.15) is 0 Å². The Morgan fingerprint density at radius 1 is 1.18 bits per heavy atom. The lowest BCUT2D eigenvalue weighted by Gasteiger charge is -2.37. The minimum Gasteiger partial charge on any atom is -0.507 e. The summed E-state index contributed by atoms with van der Waals surface area (Å²) in [6.07, 6.45) is 2.20. The molecule has 0 bridgehead atoms. The van der Waals surface area contributed by atoms with Crippen LogP contribution in [0.25, 0.3) is 0 Å². The minimum absolute atomic E-state index is 0.0877. The Morgan fingerprint density at radius 3 is 2.39 bits per heavy atom. The van der Waals surface area contributed by atoms with Crippen molar-refractivity contribution in [3.8, 4) is 11.5 Å². The van der Waals surface area contributed by atoms with Crippen molar-refractivity contribution in [3.63, 3.8) is 0 Å². The highest BCUT2D eigenvalue weighted by Gasteiger charge is 2.31. The zero-order chi connectivity index (χ0) is 20.3. The first-order chi connectivity index (χ1) is 13.5. The van der Waals surface area contributed by atoms with E-state index in [0.29, 0.717) is 24.6 Å². The number of nitrogens with zero attached hydrogens (tertiary/aromatic N) is 2. The predicted octanol–water partition coefficient (Wildman–Crippen LogP) is 4.10. The summed E-state index contributed by atoms with van der Waals surface area (Å²) >= 11 is 0. The largest absolute Gasteiger partial charge is 0.507 e. The average molecular weight is 385 g/mol. The third-order valence-corrected chi connectivity index (χ3v) is 5.80. The molecule has 0 radical (unpaired) electrons. The number of aromatic hydroxyl groups is 1. The lowest BCUT2D eigenvalue weighted by atomic mass is 9.92. The first-order valence-electron chi connectivity index (χ1n) is 10.4. The van der Waals surface area contributed by atoms with Gasteiger partial charge in [0.25, 0.3) is 5.56 Å². The van der Waals surface area contributed by atoms with Crippen LogP contribution < -0.4 is 10.3 Å². The molecule has 0 amide bonds. The molecule has 1 fully saturated rings. The highest BCUT2D eigenvalue weighted by molar-refractivity contribution is 5.42. The molecule has 1 N–H and O–H groups in total. The summed E-state index contributed by atoms with van der Waals surface area (Å²) in [5, 5.41) is 10.8. The topological polar surface area (TPSA) is 54.7 Å². The Hall–Kier alpha value is -2.27. The molecule has 152 valence electrons. The number of hydrogen-bond acceptors (Lipinski definition) is 4. The first-order valence-corrected chi connectivity index (χ1v) is 10.4. The standard InChI is InChI=1S/C23H32N2O3/c1-5-25-17(4)15-20(26)21(23(25)27)22(24-13-11-16(3)12-14-24)18-7-9-19(10-8-18)28-6-2/h7-10,15-16,22,26H,5-6,11-14H2,1-4H3. The summed E-state index contributed by atoms with van der Waals surface area (Å²) in [5.41, 5.74) is 2.17. The van der Waals surface area contributed by atoms with Crippen LogP contribution in [0.4, 0.5) is 0 Å². The highest BCUT2D eigenvalue weighted by atomic mass is 16.5. The Bertz CT molecular complexity index is 849. The molecule has 5 nitrogen and oxygen atoms in total. The number of aromatic nitrogens is 1. The molecule has 5 heteroatoms. The van der Waals surface area contributed by atoms with Crippen molar-refractivity contribution in [1.29, 1.82) is 0 Å². The molecule has 1 aliphatic heterocycles. The van der Waals surface area contributed by atoms with Crippen molar-refractivity contribution in [1.82, 2.24) is 9.47 Å². The number of benzene rings is 1. The van der Waals surface area contributed by atoms with Crippen molar-refractivity contribution in [2.75, 3.05) is 19.7 Å². The zero-order valence-electron chi connectivity index (χ0n) is 17.4.